The van der Waals surface area contributed by atoms with Crippen LogP contribution in [0.4, 0.5) is 0 Å². The fourth-order valence-corrected chi connectivity index (χ4v) is 7.14. The standard InChI is InChI=1S/C33H40Si2/c1-24-9-19-32(26-11-15-30(16-12-26)34(3,4)5)28(21-24)23-29-22-25(2)10-20-33(29)27-13-17-31(18-14-27)35(6,7)8/h9-22H,23H2,1-8H3. The van der Waals surface area contributed by atoms with Crippen molar-refractivity contribution in [3.05, 3.63) is 107 Å². The summed E-state index contributed by atoms with van der Waals surface area (Å²) in [5.41, 5.74) is 10.8. The molecule has 180 valence electrons. The third-order valence-electron chi connectivity index (χ3n) is 7.03. The molecule has 0 saturated heterocycles. The molecule has 35 heavy (non-hydrogen) atoms. The van der Waals surface area contributed by atoms with Crippen LogP contribution >= 0.6 is 0 Å². The van der Waals surface area contributed by atoms with Crippen LogP contribution in [-0.4, -0.2) is 16.1 Å². The highest BCUT2D eigenvalue weighted by atomic mass is 28.3. The van der Waals surface area contributed by atoms with Gasteiger partial charge in [0.25, 0.3) is 0 Å². The molecule has 4 rings (SSSR count). The van der Waals surface area contributed by atoms with E-state index in [1.54, 1.807) is 0 Å². The van der Waals surface area contributed by atoms with Gasteiger partial charge in [0.05, 0.1) is 16.1 Å². The van der Waals surface area contributed by atoms with Crippen molar-refractivity contribution >= 4 is 26.5 Å². The zero-order chi connectivity index (χ0) is 25.4. The van der Waals surface area contributed by atoms with Gasteiger partial charge in [-0.05, 0) is 53.6 Å². The Morgan fingerprint density at radius 2 is 0.800 bits per heavy atom. The first-order valence-electron chi connectivity index (χ1n) is 12.8. The van der Waals surface area contributed by atoms with Gasteiger partial charge in [-0.1, -0.05) is 146 Å². The summed E-state index contributed by atoms with van der Waals surface area (Å²) in [6, 6.07) is 32.6. The van der Waals surface area contributed by atoms with Crippen LogP contribution in [0.15, 0.2) is 84.9 Å². The molecule has 0 aliphatic heterocycles. The number of rotatable bonds is 6. The summed E-state index contributed by atoms with van der Waals surface area (Å²) in [4.78, 5) is 0. The summed E-state index contributed by atoms with van der Waals surface area (Å²) < 4.78 is 0. The van der Waals surface area contributed by atoms with E-state index in [0.717, 1.165) is 6.42 Å². The van der Waals surface area contributed by atoms with Crippen molar-refractivity contribution in [1.82, 2.24) is 0 Å². The van der Waals surface area contributed by atoms with Crippen LogP contribution < -0.4 is 10.4 Å². The average molecular weight is 493 g/mol. The monoisotopic (exact) mass is 492 g/mol. The molecule has 0 spiro atoms. The Hall–Kier alpha value is -2.69. The summed E-state index contributed by atoms with van der Waals surface area (Å²) in [6.45, 7) is 18.9. The molecule has 4 aromatic carbocycles. The van der Waals surface area contributed by atoms with Gasteiger partial charge < -0.3 is 0 Å². The summed E-state index contributed by atoms with van der Waals surface area (Å²) in [5, 5.41) is 3.02. The first kappa shape index (κ1) is 25.4. The lowest BCUT2D eigenvalue weighted by atomic mass is 9.89. The zero-order valence-corrected chi connectivity index (χ0v) is 24.8. The smallest absolute Gasteiger partial charge is 0.0656 e. The predicted octanol–water partition coefficient (Wildman–Crippen LogP) is 8.32. The van der Waals surface area contributed by atoms with Gasteiger partial charge in [-0.2, -0.15) is 0 Å². The summed E-state index contributed by atoms with van der Waals surface area (Å²) >= 11 is 0. The first-order valence-corrected chi connectivity index (χ1v) is 19.8. The van der Waals surface area contributed by atoms with Crippen LogP contribution in [0.2, 0.25) is 39.3 Å². The number of aryl methyl sites for hydroxylation is 2. The molecular weight excluding hydrogens is 453 g/mol. The van der Waals surface area contributed by atoms with Gasteiger partial charge >= 0.3 is 0 Å². The minimum Gasteiger partial charge on any atom is -0.0656 e. The molecule has 0 nitrogen and oxygen atoms in total. The maximum Gasteiger partial charge on any atom is 0.0775 e. The fourth-order valence-electron chi connectivity index (χ4n) is 4.81. The van der Waals surface area contributed by atoms with Crippen LogP contribution in [-0.2, 0) is 6.42 Å². The maximum atomic E-state index is 2.41. The van der Waals surface area contributed by atoms with Crippen molar-refractivity contribution in [1.29, 1.82) is 0 Å². The predicted molar refractivity (Wildman–Crippen MR) is 162 cm³/mol. The van der Waals surface area contributed by atoms with Crippen LogP contribution in [0.3, 0.4) is 0 Å². The van der Waals surface area contributed by atoms with Crippen molar-refractivity contribution in [2.24, 2.45) is 0 Å². The third-order valence-corrected chi connectivity index (χ3v) is 11.2. The molecule has 0 aliphatic carbocycles. The molecular formula is C33H40Si2. The Kier molecular flexibility index (Phi) is 7.08. The fraction of sp³-hybridized carbons (Fsp3) is 0.273. The largest absolute Gasteiger partial charge is 0.0775 e. The normalized spacial score (nSPS) is 12.1. The molecule has 0 atom stereocenters. The van der Waals surface area contributed by atoms with Crippen LogP contribution in [0.1, 0.15) is 22.3 Å². The summed E-state index contributed by atoms with van der Waals surface area (Å²) in [6.07, 6.45) is 0.930. The van der Waals surface area contributed by atoms with E-state index < -0.39 is 16.1 Å². The zero-order valence-electron chi connectivity index (χ0n) is 22.8. The van der Waals surface area contributed by atoms with Gasteiger partial charge in [-0.3, -0.25) is 0 Å². The molecule has 0 aromatic heterocycles. The van der Waals surface area contributed by atoms with Crippen molar-refractivity contribution in [3.8, 4) is 22.3 Å². The van der Waals surface area contributed by atoms with E-state index in [2.05, 4.69) is 138 Å². The van der Waals surface area contributed by atoms with Crippen molar-refractivity contribution in [3.63, 3.8) is 0 Å². The molecule has 2 heteroatoms. The van der Waals surface area contributed by atoms with Crippen molar-refractivity contribution in [2.75, 3.05) is 0 Å². The van der Waals surface area contributed by atoms with E-state index >= 15 is 0 Å². The first-order chi connectivity index (χ1) is 16.4. The molecule has 0 N–H and O–H groups in total. The van der Waals surface area contributed by atoms with Crippen LogP contribution in [0.5, 0.6) is 0 Å². The third kappa shape index (κ3) is 5.94. The van der Waals surface area contributed by atoms with Gasteiger partial charge in [-0.15, -0.1) is 0 Å². The second-order valence-corrected chi connectivity index (χ2v) is 22.3. The Bertz CT molecular complexity index is 1210. The Morgan fingerprint density at radius 3 is 1.11 bits per heavy atom. The van der Waals surface area contributed by atoms with E-state index in [1.807, 2.05) is 0 Å². The molecule has 0 saturated carbocycles. The summed E-state index contributed by atoms with van der Waals surface area (Å²) in [5.74, 6) is 0. The SMILES string of the molecule is Cc1ccc(-c2ccc([Si](C)(C)C)cc2)c(Cc2cc(C)ccc2-c2ccc([Si](C)(C)C)cc2)c1. The van der Waals surface area contributed by atoms with Crippen molar-refractivity contribution < 1.29 is 0 Å². The Morgan fingerprint density at radius 1 is 0.457 bits per heavy atom. The van der Waals surface area contributed by atoms with E-state index in [4.69, 9.17) is 0 Å². The molecule has 4 aromatic rings. The Labute approximate surface area is 215 Å². The molecule has 0 unspecified atom stereocenters. The highest BCUT2D eigenvalue weighted by molar-refractivity contribution is 6.89. The number of benzene rings is 4. The molecule has 0 radical (unpaired) electrons. The lowest BCUT2D eigenvalue weighted by molar-refractivity contribution is 1.18. The number of hydrogen-bond donors (Lipinski definition) is 0. The quantitative estimate of drug-likeness (QED) is 0.237. The van der Waals surface area contributed by atoms with Crippen LogP contribution in [0.25, 0.3) is 22.3 Å². The topological polar surface area (TPSA) is 0 Å². The van der Waals surface area contributed by atoms with Gasteiger partial charge in [0.15, 0.2) is 0 Å². The van der Waals surface area contributed by atoms with Crippen LogP contribution in [0, 0.1) is 13.8 Å². The second-order valence-electron chi connectivity index (χ2n) is 12.2. The lowest BCUT2D eigenvalue weighted by Crippen LogP contribution is -2.37. The lowest BCUT2D eigenvalue weighted by Gasteiger charge is -2.19. The molecule has 0 aliphatic rings. The minimum atomic E-state index is -1.31. The van der Waals surface area contributed by atoms with E-state index in [1.165, 1.54) is 54.9 Å². The highest BCUT2D eigenvalue weighted by Gasteiger charge is 2.18. The minimum absolute atomic E-state index is 0.930. The average Bonchev–Trinajstić information content (AvgIpc) is 2.78. The summed E-state index contributed by atoms with van der Waals surface area (Å²) in [7, 11) is -2.61. The second kappa shape index (κ2) is 9.75. The van der Waals surface area contributed by atoms with E-state index in [0.29, 0.717) is 0 Å². The molecule has 0 bridgehead atoms. The van der Waals surface area contributed by atoms with Gasteiger partial charge in [0, 0.05) is 0 Å². The van der Waals surface area contributed by atoms with E-state index in [-0.39, 0.29) is 0 Å². The number of hydrogen-bond acceptors (Lipinski definition) is 0. The maximum absolute atomic E-state index is 2.41. The van der Waals surface area contributed by atoms with Gasteiger partial charge in [0.1, 0.15) is 0 Å². The van der Waals surface area contributed by atoms with Gasteiger partial charge in [0.2, 0.25) is 0 Å². The van der Waals surface area contributed by atoms with Crippen molar-refractivity contribution in [2.45, 2.75) is 59.6 Å². The Balaban J connectivity index is 1.75. The molecule has 0 heterocycles. The molecule has 0 amide bonds. The van der Waals surface area contributed by atoms with Gasteiger partial charge in [-0.25, -0.2) is 0 Å². The highest BCUT2D eigenvalue weighted by Crippen LogP contribution is 2.31. The van der Waals surface area contributed by atoms with E-state index in [9.17, 15) is 0 Å². The molecule has 0 fully saturated rings.